The number of methoxy groups -OCH3 is 1. The molecule has 5 nitrogen and oxygen atoms in total. The highest BCUT2D eigenvalue weighted by molar-refractivity contribution is 6.11. The van der Waals surface area contributed by atoms with Gasteiger partial charge in [-0.3, -0.25) is 9.59 Å². The second kappa shape index (κ2) is 7.11. The van der Waals surface area contributed by atoms with Crippen LogP contribution in [0.3, 0.4) is 0 Å². The molecule has 0 fully saturated rings. The van der Waals surface area contributed by atoms with Crippen molar-refractivity contribution in [3.8, 4) is 0 Å². The van der Waals surface area contributed by atoms with E-state index in [1.54, 1.807) is 12.1 Å². The minimum atomic E-state index is -0.850. The van der Waals surface area contributed by atoms with E-state index in [-0.39, 0.29) is 17.5 Å². The maximum atomic E-state index is 13.5. The van der Waals surface area contributed by atoms with Crippen molar-refractivity contribution in [1.82, 2.24) is 0 Å². The number of Topliss-reactive ketones (excluding diaryl/α,β-unsaturated/α-hetero) is 1. The van der Waals surface area contributed by atoms with E-state index in [1.807, 2.05) is 31.2 Å². The second-order valence-corrected chi connectivity index (χ2v) is 7.24. The van der Waals surface area contributed by atoms with Crippen LogP contribution in [0.5, 0.6) is 0 Å². The van der Waals surface area contributed by atoms with Crippen molar-refractivity contribution in [2.24, 2.45) is 11.8 Å². The Morgan fingerprint density at radius 1 is 1.11 bits per heavy atom. The Morgan fingerprint density at radius 3 is 2.46 bits per heavy atom. The quantitative estimate of drug-likeness (QED) is 0.608. The third-order valence-electron chi connectivity index (χ3n) is 5.43. The third-order valence-corrected chi connectivity index (χ3v) is 5.43. The minimum Gasteiger partial charge on any atom is -0.468 e. The van der Waals surface area contributed by atoms with E-state index >= 15 is 0 Å². The molecule has 0 radical (unpaired) electrons. The van der Waals surface area contributed by atoms with Crippen LogP contribution >= 0.6 is 0 Å². The van der Waals surface area contributed by atoms with Crippen LogP contribution in [0.4, 0.5) is 15.8 Å². The van der Waals surface area contributed by atoms with Gasteiger partial charge < -0.3 is 15.4 Å². The lowest BCUT2D eigenvalue weighted by atomic mass is 9.75. The summed E-state index contributed by atoms with van der Waals surface area (Å²) in [6.07, 6.45) is 0.536. The molecule has 0 unspecified atom stereocenters. The van der Waals surface area contributed by atoms with Gasteiger partial charge >= 0.3 is 5.97 Å². The molecule has 0 saturated carbocycles. The maximum Gasteiger partial charge on any atom is 0.316 e. The summed E-state index contributed by atoms with van der Waals surface area (Å²) in [5, 5.41) is 6.78. The largest absolute Gasteiger partial charge is 0.468 e. The molecule has 2 aromatic carbocycles. The number of ketones is 1. The predicted molar refractivity (Wildman–Crippen MR) is 104 cm³/mol. The molecule has 1 aliphatic carbocycles. The smallest absolute Gasteiger partial charge is 0.316 e. The summed E-state index contributed by atoms with van der Waals surface area (Å²) in [5.41, 5.74) is 3.72. The number of nitrogens with one attached hydrogen (secondary N) is 2. The average molecular weight is 380 g/mol. The van der Waals surface area contributed by atoms with Crippen molar-refractivity contribution in [1.29, 1.82) is 0 Å². The number of esters is 1. The summed E-state index contributed by atoms with van der Waals surface area (Å²) in [4.78, 5) is 25.7. The normalized spacial score (nSPS) is 23.7. The van der Waals surface area contributed by atoms with Crippen molar-refractivity contribution < 1.29 is 18.7 Å². The van der Waals surface area contributed by atoms with E-state index in [4.69, 9.17) is 4.74 Å². The van der Waals surface area contributed by atoms with E-state index < -0.39 is 17.9 Å². The summed E-state index contributed by atoms with van der Waals surface area (Å²) >= 11 is 0. The fourth-order valence-electron chi connectivity index (χ4n) is 4.04. The molecule has 2 aromatic rings. The van der Waals surface area contributed by atoms with Crippen LogP contribution in [0.25, 0.3) is 0 Å². The molecule has 2 N–H and O–H groups in total. The summed E-state index contributed by atoms with van der Waals surface area (Å²) in [6, 6.07) is 13.2. The van der Waals surface area contributed by atoms with Crippen LogP contribution in [0.1, 0.15) is 24.9 Å². The minimum absolute atomic E-state index is 0.190. The standard InChI is InChI=1S/C22H21FN2O3/c1-12-11-17-19(21(26)18(12)22(27)28-2)20(13-7-9-14(23)10-8-13)25-16-6-4-3-5-15(16)24-17/h3-10,12,18,20,24-25H,11H2,1-2H3/t12-,18-,20-/m1/s1. The molecule has 1 aliphatic heterocycles. The molecule has 1 heterocycles. The van der Waals surface area contributed by atoms with Gasteiger partial charge in [0.2, 0.25) is 0 Å². The van der Waals surface area contributed by atoms with Gasteiger partial charge in [-0.25, -0.2) is 4.39 Å². The van der Waals surface area contributed by atoms with Crippen molar-refractivity contribution in [3.63, 3.8) is 0 Å². The first kappa shape index (κ1) is 18.2. The first-order chi connectivity index (χ1) is 13.5. The predicted octanol–water partition coefficient (Wildman–Crippen LogP) is 4.06. The lowest BCUT2D eigenvalue weighted by Gasteiger charge is -2.32. The fraction of sp³-hybridized carbons (Fsp3) is 0.273. The zero-order valence-electron chi connectivity index (χ0n) is 15.7. The zero-order valence-corrected chi connectivity index (χ0v) is 15.7. The van der Waals surface area contributed by atoms with Gasteiger partial charge in [-0.15, -0.1) is 0 Å². The monoisotopic (exact) mass is 380 g/mol. The molecule has 0 spiro atoms. The topological polar surface area (TPSA) is 67.4 Å². The number of benzene rings is 2. The van der Waals surface area contributed by atoms with E-state index in [9.17, 15) is 14.0 Å². The lowest BCUT2D eigenvalue weighted by molar-refractivity contribution is -0.151. The highest BCUT2D eigenvalue weighted by Crippen LogP contribution is 2.43. The van der Waals surface area contributed by atoms with Gasteiger partial charge in [-0.1, -0.05) is 31.2 Å². The fourth-order valence-corrected chi connectivity index (χ4v) is 4.04. The first-order valence-electron chi connectivity index (χ1n) is 9.22. The Bertz CT molecular complexity index is 968. The number of carbonyl (C=O) groups excluding carboxylic acids is 2. The summed E-state index contributed by atoms with van der Waals surface area (Å²) in [7, 11) is 1.29. The van der Waals surface area contributed by atoms with Gasteiger partial charge in [0.25, 0.3) is 0 Å². The zero-order chi connectivity index (χ0) is 19.8. The molecule has 0 bridgehead atoms. The molecule has 0 aromatic heterocycles. The Labute approximate surface area is 162 Å². The van der Waals surface area contributed by atoms with Gasteiger partial charge in [0.05, 0.1) is 24.5 Å². The van der Waals surface area contributed by atoms with Crippen molar-refractivity contribution in [2.75, 3.05) is 17.7 Å². The molecule has 0 saturated heterocycles. The molecular formula is C22H21FN2O3. The molecule has 144 valence electrons. The van der Waals surface area contributed by atoms with Crippen LogP contribution in [-0.2, 0) is 14.3 Å². The number of para-hydroxylation sites is 2. The lowest BCUT2D eigenvalue weighted by Crippen LogP contribution is -2.39. The Morgan fingerprint density at radius 2 is 1.79 bits per heavy atom. The highest BCUT2D eigenvalue weighted by atomic mass is 19.1. The Hall–Kier alpha value is -3.15. The van der Waals surface area contributed by atoms with Gasteiger partial charge in [0.15, 0.2) is 5.78 Å². The third kappa shape index (κ3) is 3.05. The Kier molecular flexibility index (Phi) is 4.63. The summed E-state index contributed by atoms with van der Waals surface area (Å²) in [5.74, 6) is -2.17. The van der Waals surface area contributed by atoms with E-state index in [0.29, 0.717) is 12.0 Å². The van der Waals surface area contributed by atoms with E-state index in [1.165, 1.54) is 19.2 Å². The number of hydrogen-bond acceptors (Lipinski definition) is 5. The number of anilines is 2. The maximum absolute atomic E-state index is 13.5. The number of rotatable bonds is 2. The van der Waals surface area contributed by atoms with Gasteiger partial charge in [0, 0.05) is 11.3 Å². The SMILES string of the molecule is COC(=O)[C@H]1C(=O)C2=C(C[C@H]1C)Nc1ccccc1N[C@@H]2c1ccc(F)cc1. The number of ether oxygens (including phenoxy) is 1. The van der Waals surface area contributed by atoms with E-state index in [0.717, 1.165) is 22.6 Å². The van der Waals surface area contributed by atoms with Crippen molar-refractivity contribution >= 4 is 23.1 Å². The highest BCUT2D eigenvalue weighted by Gasteiger charge is 2.44. The number of allylic oxidation sites excluding steroid dienone is 1. The van der Waals surface area contributed by atoms with Gasteiger partial charge in [-0.2, -0.15) is 0 Å². The van der Waals surface area contributed by atoms with Crippen LogP contribution in [-0.4, -0.2) is 18.9 Å². The number of hydrogen-bond donors (Lipinski definition) is 2. The molecular weight excluding hydrogens is 359 g/mol. The second-order valence-electron chi connectivity index (χ2n) is 7.24. The molecule has 4 rings (SSSR count). The molecule has 3 atom stereocenters. The average Bonchev–Trinajstić information content (AvgIpc) is 2.85. The van der Waals surface area contributed by atoms with Crippen molar-refractivity contribution in [2.45, 2.75) is 19.4 Å². The molecule has 0 amide bonds. The van der Waals surface area contributed by atoms with E-state index in [2.05, 4.69) is 10.6 Å². The van der Waals surface area contributed by atoms with Crippen molar-refractivity contribution in [3.05, 3.63) is 71.2 Å². The summed E-state index contributed by atoms with van der Waals surface area (Å²) in [6.45, 7) is 1.88. The first-order valence-corrected chi connectivity index (χ1v) is 9.22. The number of halogens is 1. The van der Waals surface area contributed by atoms with Crippen LogP contribution in [0.2, 0.25) is 0 Å². The van der Waals surface area contributed by atoms with Crippen LogP contribution in [0.15, 0.2) is 59.8 Å². The van der Waals surface area contributed by atoms with Crippen LogP contribution < -0.4 is 10.6 Å². The molecule has 2 aliphatic rings. The summed E-state index contributed by atoms with van der Waals surface area (Å²) < 4.78 is 18.4. The Balaban J connectivity index is 1.87. The van der Waals surface area contributed by atoms with Gasteiger partial charge in [0.1, 0.15) is 11.7 Å². The molecule has 28 heavy (non-hydrogen) atoms. The number of fused-ring (bicyclic) bond motifs is 1. The van der Waals surface area contributed by atoms with Crippen LogP contribution in [0, 0.1) is 17.7 Å². The number of carbonyl (C=O) groups is 2. The van der Waals surface area contributed by atoms with Gasteiger partial charge in [-0.05, 0) is 42.2 Å². The molecule has 6 heteroatoms.